The molecule has 1 aliphatic rings. The molecule has 5 N–H and O–H groups in total. The smallest absolute Gasteiger partial charge is 0.239 e. The highest BCUT2D eigenvalue weighted by Gasteiger charge is 2.43. The van der Waals surface area contributed by atoms with Crippen molar-refractivity contribution in [3.8, 4) is 0 Å². The number of carbonyl (C=O) groups excluding carboxylic acids is 1. The van der Waals surface area contributed by atoms with E-state index < -0.39 is 24.3 Å². The number of hydrogen-bond acceptors (Lipinski definition) is 5. The highest BCUT2D eigenvalue weighted by Crippen LogP contribution is 2.14. The van der Waals surface area contributed by atoms with Gasteiger partial charge in [0.25, 0.3) is 0 Å². The Labute approximate surface area is 101 Å². The second-order valence-electron chi connectivity index (χ2n) is 4.41. The Morgan fingerprint density at radius 1 is 1.29 bits per heavy atom. The summed E-state index contributed by atoms with van der Waals surface area (Å²) in [5.41, 5.74) is 0. The molecule has 100 valence electrons. The van der Waals surface area contributed by atoms with Crippen molar-refractivity contribution in [2.45, 2.75) is 50.5 Å². The third-order valence-corrected chi connectivity index (χ3v) is 3.06. The van der Waals surface area contributed by atoms with Crippen molar-refractivity contribution in [2.24, 2.45) is 0 Å². The van der Waals surface area contributed by atoms with E-state index in [1.165, 1.54) is 0 Å². The molecular formula is C11H22N2O4. The molecule has 1 amide bonds. The summed E-state index contributed by atoms with van der Waals surface area (Å²) in [6.07, 6.45) is 0.746. The van der Waals surface area contributed by atoms with Crippen LogP contribution in [0.15, 0.2) is 0 Å². The Kier molecular flexibility index (Phi) is 5.84. The summed E-state index contributed by atoms with van der Waals surface area (Å²) < 4.78 is 0. The zero-order chi connectivity index (χ0) is 12.8. The van der Waals surface area contributed by atoms with E-state index in [1.54, 1.807) is 0 Å². The number of amides is 1. The first-order valence-electron chi connectivity index (χ1n) is 6.12. The van der Waals surface area contributed by atoms with Crippen molar-refractivity contribution in [1.82, 2.24) is 10.6 Å². The summed E-state index contributed by atoms with van der Waals surface area (Å²) in [7, 11) is 0. The van der Waals surface area contributed by atoms with Crippen LogP contribution in [0.25, 0.3) is 0 Å². The van der Waals surface area contributed by atoms with Crippen LogP contribution < -0.4 is 10.6 Å². The largest absolute Gasteiger partial charge is 0.395 e. The van der Waals surface area contributed by atoms with E-state index in [0.29, 0.717) is 6.54 Å². The molecule has 0 bridgehead atoms. The maximum atomic E-state index is 11.7. The number of nitrogens with one attached hydrogen (secondary N) is 2. The molecule has 1 rings (SSSR count). The van der Waals surface area contributed by atoms with Crippen molar-refractivity contribution >= 4 is 5.91 Å². The summed E-state index contributed by atoms with van der Waals surface area (Å²) in [4.78, 5) is 11.7. The van der Waals surface area contributed by atoms with Crippen LogP contribution in [0.3, 0.4) is 0 Å². The van der Waals surface area contributed by atoms with E-state index in [-0.39, 0.29) is 12.5 Å². The fourth-order valence-electron chi connectivity index (χ4n) is 1.95. The molecule has 0 saturated carbocycles. The monoisotopic (exact) mass is 246 g/mol. The molecule has 0 aliphatic carbocycles. The van der Waals surface area contributed by atoms with Crippen LogP contribution in [0.1, 0.15) is 26.2 Å². The number of aliphatic hydroxyl groups excluding tert-OH is 3. The molecule has 0 aromatic heterocycles. The van der Waals surface area contributed by atoms with Crippen molar-refractivity contribution < 1.29 is 20.1 Å². The first kappa shape index (κ1) is 14.4. The first-order valence-corrected chi connectivity index (χ1v) is 6.12. The lowest BCUT2D eigenvalue weighted by Crippen LogP contribution is -2.47. The minimum atomic E-state index is -1.17. The lowest BCUT2D eigenvalue weighted by Gasteiger charge is -2.15. The first-order chi connectivity index (χ1) is 8.11. The zero-order valence-electron chi connectivity index (χ0n) is 10.1. The molecule has 0 spiro atoms. The van der Waals surface area contributed by atoms with Crippen LogP contribution in [0.5, 0.6) is 0 Å². The zero-order valence-corrected chi connectivity index (χ0v) is 10.1. The Morgan fingerprint density at radius 2 is 2.00 bits per heavy atom. The van der Waals surface area contributed by atoms with Gasteiger partial charge in [0.1, 0.15) is 12.1 Å². The molecule has 0 aromatic rings. The molecule has 0 unspecified atom stereocenters. The quantitative estimate of drug-likeness (QED) is 0.361. The maximum absolute atomic E-state index is 11.7. The Hall–Kier alpha value is -0.690. The molecule has 17 heavy (non-hydrogen) atoms. The molecule has 1 fully saturated rings. The van der Waals surface area contributed by atoms with E-state index in [2.05, 4.69) is 17.6 Å². The lowest BCUT2D eigenvalue weighted by molar-refractivity contribution is -0.125. The highest BCUT2D eigenvalue weighted by atomic mass is 16.3. The van der Waals surface area contributed by atoms with Crippen molar-refractivity contribution in [2.75, 3.05) is 13.2 Å². The average molecular weight is 246 g/mol. The molecule has 0 radical (unpaired) electrons. The van der Waals surface area contributed by atoms with Crippen LogP contribution in [0.2, 0.25) is 0 Å². The number of unbranched alkanes of at least 4 members (excludes halogenated alkanes) is 2. The SMILES string of the molecule is CCCCCNC(=O)[C@@H]1N[C@@H](CO)[C@H](O)[C@H]1O. The fourth-order valence-corrected chi connectivity index (χ4v) is 1.95. The third kappa shape index (κ3) is 3.64. The standard InChI is InChI=1S/C11H22N2O4/c1-2-3-4-5-12-11(17)8-10(16)9(15)7(6-14)13-8/h7-10,13-16H,2-6H2,1H3,(H,12,17)/t7-,8+,9-,10-/m0/s1. The molecule has 0 aromatic carbocycles. The highest BCUT2D eigenvalue weighted by molar-refractivity contribution is 5.83. The van der Waals surface area contributed by atoms with E-state index in [1.807, 2.05) is 0 Å². The van der Waals surface area contributed by atoms with Gasteiger partial charge in [0.05, 0.1) is 18.8 Å². The van der Waals surface area contributed by atoms with Crippen LogP contribution in [0, 0.1) is 0 Å². The molecule has 6 heteroatoms. The van der Waals surface area contributed by atoms with Gasteiger partial charge < -0.3 is 20.6 Å². The van der Waals surface area contributed by atoms with Crippen LogP contribution in [0.4, 0.5) is 0 Å². The molecular weight excluding hydrogens is 224 g/mol. The lowest BCUT2D eigenvalue weighted by atomic mass is 10.1. The molecule has 4 atom stereocenters. The second-order valence-corrected chi connectivity index (χ2v) is 4.41. The second kappa shape index (κ2) is 6.90. The van der Waals surface area contributed by atoms with Gasteiger partial charge in [0.15, 0.2) is 0 Å². The van der Waals surface area contributed by atoms with Crippen LogP contribution in [-0.2, 0) is 4.79 Å². The van der Waals surface area contributed by atoms with Gasteiger partial charge in [-0.25, -0.2) is 0 Å². The number of hydrogen-bond donors (Lipinski definition) is 5. The normalized spacial score (nSPS) is 32.7. The predicted molar refractivity (Wildman–Crippen MR) is 62.3 cm³/mol. The van der Waals surface area contributed by atoms with Crippen LogP contribution >= 0.6 is 0 Å². The fraction of sp³-hybridized carbons (Fsp3) is 0.909. The Morgan fingerprint density at radius 3 is 2.53 bits per heavy atom. The van der Waals surface area contributed by atoms with Crippen molar-refractivity contribution in [3.63, 3.8) is 0 Å². The number of rotatable bonds is 6. The number of carbonyl (C=O) groups is 1. The summed E-state index contributed by atoms with van der Waals surface area (Å²) >= 11 is 0. The van der Waals surface area contributed by atoms with Gasteiger partial charge in [-0.1, -0.05) is 19.8 Å². The number of aliphatic hydroxyl groups is 3. The van der Waals surface area contributed by atoms with E-state index in [4.69, 9.17) is 5.11 Å². The summed E-state index contributed by atoms with van der Waals surface area (Å²) in [5, 5.41) is 33.5. The minimum absolute atomic E-state index is 0.308. The van der Waals surface area contributed by atoms with Gasteiger partial charge in [-0.3, -0.25) is 10.1 Å². The van der Waals surface area contributed by atoms with Gasteiger partial charge in [0, 0.05) is 6.54 Å². The molecule has 6 nitrogen and oxygen atoms in total. The van der Waals surface area contributed by atoms with Gasteiger partial charge in [0.2, 0.25) is 5.91 Å². The van der Waals surface area contributed by atoms with Gasteiger partial charge in [-0.2, -0.15) is 0 Å². The van der Waals surface area contributed by atoms with Gasteiger partial charge in [-0.05, 0) is 6.42 Å². The summed E-state index contributed by atoms with van der Waals surface area (Å²) in [5.74, 6) is -0.330. The van der Waals surface area contributed by atoms with Gasteiger partial charge >= 0.3 is 0 Å². The minimum Gasteiger partial charge on any atom is -0.395 e. The summed E-state index contributed by atoms with van der Waals surface area (Å²) in [6, 6.07) is -1.49. The molecule has 1 aliphatic heterocycles. The van der Waals surface area contributed by atoms with Crippen molar-refractivity contribution in [3.05, 3.63) is 0 Å². The maximum Gasteiger partial charge on any atom is 0.239 e. The van der Waals surface area contributed by atoms with E-state index in [0.717, 1.165) is 19.3 Å². The molecule has 1 saturated heterocycles. The van der Waals surface area contributed by atoms with E-state index in [9.17, 15) is 15.0 Å². The van der Waals surface area contributed by atoms with Crippen LogP contribution in [-0.4, -0.2) is 58.7 Å². The third-order valence-electron chi connectivity index (χ3n) is 3.06. The Balaban J connectivity index is 2.37. The Bertz CT molecular complexity index is 250. The molecule has 1 heterocycles. The summed E-state index contributed by atoms with van der Waals surface area (Å²) in [6.45, 7) is 2.33. The topological polar surface area (TPSA) is 102 Å². The average Bonchev–Trinajstić information content (AvgIpc) is 2.61. The van der Waals surface area contributed by atoms with E-state index >= 15 is 0 Å². The van der Waals surface area contributed by atoms with Gasteiger partial charge in [-0.15, -0.1) is 0 Å². The predicted octanol–water partition coefficient (Wildman–Crippen LogP) is -1.65. The van der Waals surface area contributed by atoms with Crippen molar-refractivity contribution in [1.29, 1.82) is 0 Å².